The molecule has 1 aromatic carbocycles. The van der Waals surface area contributed by atoms with Gasteiger partial charge in [-0.05, 0) is 37.0 Å². The van der Waals surface area contributed by atoms with Crippen molar-refractivity contribution >= 4 is 17.6 Å². The fourth-order valence-electron chi connectivity index (χ4n) is 2.35. The fourth-order valence-corrected chi connectivity index (χ4v) is 2.35. The molecule has 0 aromatic heterocycles. The van der Waals surface area contributed by atoms with Crippen LogP contribution in [0.15, 0.2) is 24.3 Å². The van der Waals surface area contributed by atoms with Crippen molar-refractivity contribution in [2.24, 2.45) is 5.92 Å². The SMILES string of the molecule is CCCC(CCC)C(=O)Nc1ccc(CCC(=O)O)cc1. The van der Waals surface area contributed by atoms with E-state index in [1.807, 2.05) is 24.3 Å². The number of hydrogen-bond donors (Lipinski definition) is 2. The normalized spacial score (nSPS) is 10.6. The summed E-state index contributed by atoms with van der Waals surface area (Å²) in [5, 5.41) is 11.6. The highest BCUT2D eigenvalue weighted by atomic mass is 16.4. The average Bonchev–Trinajstić information content (AvgIpc) is 2.46. The van der Waals surface area contributed by atoms with E-state index in [0.717, 1.165) is 36.9 Å². The molecular weight excluding hydrogens is 266 g/mol. The Morgan fingerprint density at radius 2 is 1.67 bits per heavy atom. The lowest BCUT2D eigenvalue weighted by molar-refractivity contribution is -0.137. The monoisotopic (exact) mass is 291 g/mol. The third-order valence-corrected chi connectivity index (χ3v) is 3.49. The van der Waals surface area contributed by atoms with Crippen LogP contribution in [-0.4, -0.2) is 17.0 Å². The van der Waals surface area contributed by atoms with E-state index in [9.17, 15) is 9.59 Å². The Hall–Kier alpha value is -1.84. The molecule has 1 aromatic rings. The van der Waals surface area contributed by atoms with Crippen molar-refractivity contribution in [3.8, 4) is 0 Å². The number of benzene rings is 1. The van der Waals surface area contributed by atoms with Crippen LogP contribution in [0.3, 0.4) is 0 Å². The Balaban J connectivity index is 2.57. The van der Waals surface area contributed by atoms with Gasteiger partial charge in [0.1, 0.15) is 0 Å². The molecule has 0 bridgehead atoms. The van der Waals surface area contributed by atoms with Gasteiger partial charge in [-0.3, -0.25) is 9.59 Å². The van der Waals surface area contributed by atoms with E-state index < -0.39 is 5.97 Å². The van der Waals surface area contributed by atoms with Crippen molar-refractivity contribution in [1.82, 2.24) is 0 Å². The van der Waals surface area contributed by atoms with E-state index >= 15 is 0 Å². The van der Waals surface area contributed by atoms with Gasteiger partial charge in [0.15, 0.2) is 0 Å². The summed E-state index contributed by atoms with van der Waals surface area (Å²) in [5.41, 5.74) is 1.74. The molecule has 4 heteroatoms. The maximum atomic E-state index is 12.2. The fraction of sp³-hybridized carbons (Fsp3) is 0.529. The van der Waals surface area contributed by atoms with Crippen molar-refractivity contribution in [1.29, 1.82) is 0 Å². The molecule has 0 aliphatic carbocycles. The number of amides is 1. The molecule has 116 valence electrons. The van der Waals surface area contributed by atoms with Gasteiger partial charge in [-0.1, -0.05) is 38.8 Å². The van der Waals surface area contributed by atoms with Gasteiger partial charge in [-0.25, -0.2) is 0 Å². The number of carboxylic acid groups (broad SMARTS) is 1. The van der Waals surface area contributed by atoms with Crippen LogP contribution >= 0.6 is 0 Å². The number of aliphatic carboxylic acids is 1. The van der Waals surface area contributed by atoms with Crippen LogP contribution in [0.2, 0.25) is 0 Å². The molecule has 0 radical (unpaired) electrons. The first-order valence-electron chi connectivity index (χ1n) is 7.68. The molecule has 0 saturated carbocycles. The standard InChI is InChI=1S/C17H25NO3/c1-3-5-14(6-4-2)17(21)18-15-10-7-13(8-11-15)9-12-16(19)20/h7-8,10-11,14H,3-6,9,12H2,1-2H3,(H,18,21)(H,19,20). The topological polar surface area (TPSA) is 66.4 Å². The molecule has 0 aliphatic heterocycles. The van der Waals surface area contributed by atoms with Crippen LogP contribution in [0.5, 0.6) is 0 Å². The van der Waals surface area contributed by atoms with Crippen LogP contribution in [0, 0.1) is 5.92 Å². The average molecular weight is 291 g/mol. The van der Waals surface area contributed by atoms with Crippen molar-refractivity contribution in [2.45, 2.75) is 52.4 Å². The van der Waals surface area contributed by atoms with Gasteiger partial charge in [-0.15, -0.1) is 0 Å². The molecule has 21 heavy (non-hydrogen) atoms. The molecule has 1 rings (SSSR count). The quantitative estimate of drug-likeness (QED) is 0.726. The number of rotatable bonds is 9. The van der Waals surface area contributed by atoms with Crippen molar-refractivity contribution in [3.05, 3.63) is 29.8 Å². The Kier molecular flexibility index (Phi) is 7.51. The van der Waals surface area contributed by atoms with E-state index in [1.165, 1.54) is 0 Å². The predicted molar refractivity (Wildman–Crippen MR) is 84.3 cm³/mol. The number of hydrogen-bond acceptors (Lipinski definition) is 2. The highest BCUT2D eigenvalue weighted by molar-refractivity contribution is 5.92. The van der Waals surface area contributed by atoms with Crippen LogP contribution in [0.25, 0.3) is 0 Å². The molecule has 0 unspecified atom stereocenters. The molecule has 4 nitrogen and oxygen atoms in total. The minimum absolute atomic E-state index is 0.0756. The van der Waals surface area contributed by atoms with Crippen molar-refractivity contribution in [3.63, 3.8) is 0 Å². The lowest BCUT2D eigenvalue weighted by Crippen LogP contribution is -2.22. The van der Waals surface area contributed by atoms with Gasteiger partial charge in [0.25, 0.3) is 0 Å². The smallest absolute Gasteiger partial charge is 0.303 e. The lowest BCUT2D eigenvalue weighted by atomic mass is 9.97. The summed E-state index contributed by atoms with van der Waals surface area (Å²) in [6, 6.07) is 7.41. The number of anilines is 1. The summed E-state index contributed by atoms with van der Waals surface area (Å²) in [7, 11) is 0. The molecule has 2 N–H and O–H groups in total. The maximum absolute atomic E-state index is 12.2. The van der Waals surface area contributed by atoms with E-state index in [4.69, 9.17) is 5.11 Å². The van der Waals surface area contributed by atoms with E-state index in [2.05, 4.69) is 19.2 Å². The Labute approximate surface area is 126 Å². The largest absolute Gasteiger partial charge is 0.481 e. The number of carbonyl (C=O) groups is 2. The van der Waals surface area contributed by atoms with Crippen LogP contribution < -0.4 is 5.32 Å². The zero-order valence-corrected chi connectivity index (χ0v) is 12.9. The van der Waals surface area contributed by atoms with E-state index in [-0.39, 0.29) is 18.2 Å². The van der Waals surface area contributed by atoms with Crippen molar-refractivity contribution in [2.75, 3.05) is 5.32 Å². The molecular formula is C17H25NO3. The number of nitrogens with one attached hydrogen (secondary N) is 1. The minimum atomic E-state index is -0.797. The highest BCUT2D eigenvalue weighted by Gasteiger charge is 2.16. The third kappa shape index (κ3) is 6.43. The first kappa shape index (κ1) is 17.2. The van der Waals surface area contributed by atoms with Gasteiger partial charge in [0.2, 0.25) is 5.91 Å². The van der Waals surface area contributed by atoms with E-state index in [1.54, 1.807) is 0 Å². The summed E-state index contributed by atoms with van der Waals surface area (Å²) in [5.74, 6) is -0.641. The first-order valence-corrected chi connectivity index (χ1v) is 7.68. The molecule has 0 fully saturated rings. The molecule has 0 spiro atoms. The zero-order chi connectivity index (χ0) is 15.7. The predicted octanol–water partition coefficient (Wildman–Crippen LogP) is 3.86. The highest BCUT2D eigenvalue weighted by Crippen LogP contribution is 2.17. The number of carbonyl (C=O) groups excluding carboxylic acids is 1. The first-order chi connectivity index (χ1) is 10.1. The van der Waals surface area contributed by atoms with Gasteiger partial charge < -0.3 is 10.4 Å². The molecule has 0 saturated heterocycles. The Morgan fingerprint density at radius 1 is 1.10 bits per heavy atom. The molecule has 0 aliphatic rings. The van der Waals surface area contributed by atoms with Crippen molar-refractivity contribution < 1.29 is 14.7 Å². The Bertz CT molecular complexity index is 448. The summed E-state index contributed by atoms with van der Waals surface area (Å²) >= 11 is 0. The lowest BCUT2D eigenvalue weighted by Gasteiger charge is -2.15. The third-order valence-electron chi connectivity index (χ3n) is 3.49. The minimum Gasteiger partial charge on any atom is -0.481 e. The van der Waals surface area contributed by atoms with Gasteiger partial charge in [-0.2, -0.15) is 0 Å². The Morgan fingerprint density at radius 3 is 2.14 bits per heavy atom. The number of aryl methyl sites for hydroxylation is 1. The van der Waals surface area contributed by atoms with Crippen LogP contribution in [-0.2, 0) is 16.0 Å². The summed E-state index contributed by atoms with van der Waals surface area (Å²) in [4.78, 5) is 22.7. The molecule has 0 atom stereocenters. The maximum Gasteiger partial charge on any atom is 0.303 e. The van der Waals surface area contributed by atoms with Crippen LogP contribution in [0.1, 0.15) is 51.5 Å². The number of carboxylic acids is 1. The van der Waals surface area contributed by atoms with Gasteiger partial charge >= 0.3 is 5.97 Å². The molecule has 1 amide bonds. The van der Waals surface area contributed by atoms with E-state index in [0.29, 0.717) is 6.42 Å². The summed E-state index contributed by atoms with van der Waals surface area (Å²) in [6.07, 6.45) is 4.48. The summed E-state index contributed by atoms with van der Waals surface area (Å²) in [6.45, 7) is 4.18. The van der Waals surface area contributed by atoms with Crippen LogP contribution in [0.4, 0.5) is 5.69 Å². The second kappa shape index (κ2) is 9.16. The van der Waals surface area contributed by atoms with Gasteiger partial charge in [0, 0.05) is 18.0 Å². The summed E-state index contributed by atoms with van der Waals surface area (Å²) < 4.78 is 0. The molecule has 0 heterocycles. The second-order valence-corrected chi connectivity index (χ2v) is 5.35. The second-order valence-electron chi connectivity index (χ2n) is 5.35. The zero-order valence-electron chi connectivity index (χ0n) is 12.9. The van der Waals surface area contributed by atoms with Gasteiger partial charge in [0.05, 0.1) is 0 Å².